The lowest BCUT2D eigenvalue weighted by atomic mass is 10.1. The number of rotatable bonds is 4. The third-order valence-corrected chi connectivity index (χ3v) is 3.16. The molecule has 3 N–H and O–H groups in total. The fourth-order valence-corrected chi connectivity index (χ4v) is 1.92. The van der Waals surface area contributed by atoms with Crippen molar-refractivity contribution >= 4 is 11.4 Å². The van der Waals surface area contributed by atoms with Gasteiger partial charge in [-0.2, -0.15) is 0 Å². The predicted octanol–water partition coefficient (Wildman–Crippen LogP) is 1.74. The average Bonchev–Trinajstić information content (AvgIpc) is 2.70. The number of nitro benzene ring substituents is 1. The Labute approximate surface area is 110 Å². The molecule has 1 aromatic heterocycles. The molecule has 0 saturated carbocycles. The number of anilines is 1. The van der Waals surface area contributed by atoms with Crippen LogP contribution in [0.1, 0.15) is 17.0 Å². The number of hydrogen-bond acceptors (Lipinski definition) is 5. The number of para-hydroxylation sites is 1. The van der Waals surface area contributed by atoms with Crippen molar-refractivity contribution in [3.63, 3.8) is 0 Å². The number of benzene rings is 1. The lowest BCUT2D eigenvalue weighted by Gasteiger charge is -2.11. The summed E-state index contributed by atoms with van der Waals surface area (Å²) in [5.74, 6) is 5.41. The molecule has 0 fully saturated rings. The summed E-state index contributed by atoms with van der Waals surface area (Å²) in [7, 11) is 0. The van der Waals surface area contributed by atoms with Crippen LogP contribution < -0.4 is 11.3 Å². The van der Waals surface area contributed by atoms with E-state index in [0.29, 0.717) is 12.2 Å². The molecule has 0 aliphatic rings. The quantitative estimate of drug-likeness (QED) is 0.496. The number of nitrogens with zero attached hydrogens (tertiary/aromatic N) is 3. The van der Waals surface area contributed by atoms with Crippen LogP contribution in [0.2, 0.25) is 0 Å². The smallest absolute Gasteiger partial charge is 0.293 e. The van der Waals surface area contributed by atoms with E-state index >= 15 is 0 Å². The number of imidazole rings is 1. The van der Waals surface area contributed by atoms with Crippen LogP contribution in [0.3, 0.4) is 0 Å². The number of nitrogens with one attached hydrogen (secondary N) is 1. The zero-order valence-electron chi connectivity index (χ0n) is 10.8. The van der Waals surface area contributed by atoms with Crippen LogP contribution in [0.5, 0.6) is 0 Å². The van der Waals surface area contributed by atoms with Gasteiger partial charge in [-0.05, 0) is 13.8 Å². The van der Waals surface area contributed by atoms with Crippen LogP contribution in [0.15, 0.2) is 24.5 Å². The Hall–Kier alpha value is -2.41. The summed E-state index contributed by atoms with van der Waals surface area (Å²) in [4.78, 5) is 14.7. The second-order valence-corrected chi connectivity index (χ2v) is 4.26. The fourth-order valence-electron chi connectivity index (χ4n) is 1.92. The van der Waals surface area contributed by atoms with Crippen molar-refractivity contribution in [1.82, 2.24) is 9.55 Å². The van der Waals surface area contributed by atoms with Gasteiger partial charge in [-0.15, -0.1) is 0 Å². The standard InChI is InChI=1S/C12H15N5O2/c1-8-9(2)16(7-14-8)6-10-4-3-5-11(17(18)19)12(10)15-13/h3-5,7,15H,6,13H2,1-2H3. The molecule has 1 aromatic carbocycles. The molecule has 0 saturated heterocycles. The topological polar surface area (TPSA) is 99.0 Å². The number of nitro groups is 1. The minimum absolute atomic E-state index is 0.0329. The normalized spacial score (nSPS) is 10.5. The molecular weight excluding hydrogens is 246 g/mol. The minimum Gasteiger partial charge on any atom is -0.330 e. The molecule has 19 heavy (non-hydrogen) atoms. The lowest BCUT2D eigenvalue weighted by Crippen LogP contribution is -2.13. The second kappa shape index (κ2) is 5.07. The Morgan fingerprint density at radius 2 is 2.21 bits per heavy atom. The molecule has 100 valence electrons. The van der Waals surface area contributed by atoms with Gasteiger partial charge < -0.3 is 9.99 Å². The molecule has 2 rings (SSSR count). The van der Waals surface area contributed by atoms with Gasteiger partial charge in [0.2, 0.25) is 0 Å². The van der Waals surface area contributed by atoms with E-state index in [0.717, 1.165) is 17.0 Å². The largest absolute Gasteiger partial charge is 0.330 e. The maximum atomic E-state index is 10.9. The Morgan fingerprint density at radius 1 is 1.47 bits per heavy atom. The monoisotopic (exact) mass is 261 g/mol. The Bertz CT molecular complexity index is 621. The number of nitrogen functional groups attached to an aromatic ring is 1. The van der Waals surface area contributed by atoms with Crippen LogP contribution in [0.25, 0.3) is 0 Å². The Morgan fingerprint density at radius 3 is 2.74 bits per heavy atom. The minimum atomic E-state index is -0.454. The van der Waals surface area contributed by atoms with Crippen molar-refractivity contribution in [1.29, 1.82) is 0 Å². The van der Waals surface area contributed by atoms with Crippen molar-refractivity contribution in [2.24, 2.45) is 5.84 Å². The second-order valence-electron chi connectivity index (χ2n) is 4.26. The maximum absolute atomic E-state index is 10.9. The molecule has 1 heterocycles. The van der Waals surface area contributed by atoms with Crippen LogP contribution >= 0.6 is 0 Å². The zero-order chi connectivity index (χ0) is 14.0. The molecule has 0 unspecified atom stereocenters. The van der Waals surface area contributed by atoms with Crippen molar-refractivity contribution in [2.45, 2.75) is 20.4 Å². The summed E-state index contributed by atoms with van der Waals surface area (Å²) in [6.45, 7) is 4.35. The van der Waals surface area contributed by atoms with Crippen molar-refractivity contribution in [3.05, 3.63) is 51.6 Å². The van der Waals surface area contributed by atoms with Crippen molar-refractivity contribution < 1.29 is 4.92 Å². The molecule has 0 spiro atoms. The zero-order valence-corrected chi connectivity index (χ0v) is 10.8. The van der Waals surface area contributed by atoms with E-state index in [1.54, 1.807) is 18.5 Å². The van der Waals surface area contributed by atoms with Gasteiger partial charge in [-0.3, -0.25) is 16.0 Å². The molecule has 0 aliphatic carbocycles. The number of hydrogen-bond donors (Lipinski definition) is 2. The van der Waals surface area contributed by atoms with Crippen LogP contribution in [0, 0.1) is 24.0 Å². The molecule has 0 radical (unpaired) electrons. The van der Waals surface area contributed by atoms with E-state index in [-0.39, 0.29) is 5.69 Å². The van der Waals surface area contributed by atoms with E-state index in [1.165, 1.54) is 6.07 Å². The first-order chi connectivity index (χ1) is 9.04. The molecule has 7 nitrogen and oxygen atoms in total. The van der Waals surface area contributed by atoms with E-state index in [1.807, 2.05) is 18.4 Å². The maximum Gasteiger partial charge on any atom is 0.293 e. The highest BCUT2D eigenvalue weighted by Gasteiger charge is 2.17. The van der Waals surface area contributed by atoms with Gasteiger partial charge in [-0.25, -0.2) is 4.98 Å². The number of aryl methyl sites for hydroxylation is 1. The van der Waals surface area contributed by atoms with Crippen LogP contribution in [-0.4, -0.2) is 14.5 Å². The third kappa shape index (κ3) is 2.41. The van der Waals surface area contributed by atoms with Gasteiger partial charge in [0.25, 0.3) is 5.69 Å². The molecule has 0 amide bonds. The molecule has 0 atom stereocenters. The summed E-state index contributed by atoms with van der Waals surface area (Å²) in [5.41, 5.74) is 5.42. The first-order valence-corrected chi connectivity index (χ1v) is 5.75. The Balaban J connectivity index is 2.43. The molecule has 2 aromatic rings. The van der Waals surface area contributed by atoms with E-state index < -0.39 is 4.92 Å². The summed E-state index contributed by atoms with van der Waals surface area (Å²) >= 11 is 0. The van der Waals surface area contributed by atoms with Gasteiger partial charge in [-0.1, -0.05) is 12.1 Å². The first-order valence-electron chi connectivity index (χ1n) is 5.75. The van der Waals surface area contributed by atoms with Crippen molar-refractivity contribution in [3.8, 4) is 0 Å². The fraction of sp³-hybridized carbons (Fsp3) is 0.250. The SMILES string of the molecule is Cc1ncn(Cc2cccc([N+](=O)[O-])c2NN)c1C. The van der Waals surface area contributed by atoms with Gasteiger partial charge in [0.05, 0.1) is 23.5 Å². The highest BCUT2D eigenvalue weighted by Crippen LogP contribution is 2.28. The van der Waals surface area contributed by atoms with Crippen molar-refractivity contribution in [2.75, 3.05) is 5.43 Å². The summed E-state index contributed by atoms with van der Waals surface area (Å²) in [6, 6.07) is 4.87. The molecular formula is C12H15N5O2. The van der Waals surface area contributed by atoms with E-state index in [9.17, 15) is 10.1 Å². The van der Waals surface area contributed by atoms with Gasteiger partial charge >= 0.3 is 0 Å². The molecule has 0 bridgehead atoms. The van der Waals surface area contributed by atoms with Gasteiger partial charge in [0.1, 0.15) is 5.69 Å². The predicted molar refractivity (Wildman–Crippen MR) is 71.7 cm³/mol. The highest BCUT2D eigenvalue weighted by molar-refractivity contribution is 5.65. The summed E-state index contributed by atoms with van der Waals surface area (Å²) in [6.07, 6.45) is 1.71. The van der Waals surface area contributed by atoms with Crippen LogP contribution in [-0.2, 0) is 6.54 Å². The first kappa shape index (κ1) is 13.0. The van der Waals surface area contributed by atoms with E-state index in [2.05, 4.69) is 10.4 Å². The van der Waals surface area contributed by atoms with Gasteiger partial charge in [0, 0.05) is 17.3 Å². The third-order valence-electron chi connectivity index (χ3n) is 3.16. The average molecular weight is 261 g/mol. The number of nitrogens with two attached hydrogens (primary N) is 1. The summed E-state index contributed by atoms with van der Waals surface area (Å²) < 4.78 is 1.93. The van der Waals surface area contributed by atoms with E-state index in [4.69, 9.17) is 5.84 Å². The number of aromatic nitrogens is 2. The Kier molecular flexibility index (Phi) is 3.48. The van der Waals surface area contributed by atoms with Gasteiger partial charge in [0.15, 0.2) is 0 Å². The van der Waals surface area contributed by atoms with Crippen LogP contribution in [0.4, 0.5) is 11.4 Å². The number of hydrazine groups is 1. The lowest BCUT2D eigenvalue weighted by molar-refractivity contribution is -0.384. The molecule has 0 aliphatic heterocycles. The summed E-state index contributed by atoms with van der Waals surface area (Å²) in [5, 5.41) is 10.9. The molecule has 7 heteroatoms. The highest BCUT2D eigenvalue weighted by atomic mass is 16.6.